The van der Waals surface area contributed by atoms with E-state index in [1.807, 2.05) is 6.07 Å². The Hall–Kier alpha value is -1.83. The summed E-state index contributed by atoms with van der Waals surface area (Å²) in [5, 5.41) is 27.0. The highest BCUT2D eigenvalue weighted by Gasteiger charge is 2.16. The van der Waals surface area contributed by atoms with Gasteiger partial charge < -0.3 is 15.3 Å². The van der Waals surface area contributed by atoms with E-state index in [1.165, 1.54) is 0 Å². The lowest BCUT2D eigenvalue weighted by atomic mass is 10.1. The third-order valence-corrected chi connectivity index (χ3v) is 1.89. The topological polar surface area (TPSA) is 77.8 Å². The Labute approximate surface area is 93.2 Å². The molecular formula is C12H12O4. The Bertz CT molecular complexity index is 402. The predicted octanol–water partition coefficient (Wildman–Crippen LogP) is 0.235. The maximum absolute atomic E-state index is 10.3. The molecule has 0 bridgehead atoms. The van der Waals surface area contributed by atoms with Crippen molar-refractivity contribution in [3.63, 3.8) is 0 Å². The molecule has 0 aliphatic carbocycles. The van der Waals surface area contributed by atoms with Gasteiger partial charge in [-0.05, 0) is 12.1 Å². The fourth-order valence-electron chi connectivity index (χ4n) is 1.07. The summed E-state index contributed by atoms with van der Waals surface area (Å²) in [6.07, 6.45) is -3.24. The second kappa shape index (κ2) is 5.91. The largest absolute Gasteiger partial charge is 0.481 e. The van der Waals surface area contributed by atoms with Gasteiger partial charge in [-0.2, -0.15) is 0 Å². The number of carboxylic acids is 1. The molecule has 0 spiro atoms. The molecule has 1 aromatic rings. The van der Waals surface area contributed by atoms with Gasteiger partial charge in [0.2, 0.25) is 0 Å². The van der Waals surface area contributed by atoms with Crippen LogP contribution in [0.5, 0.6) is 0 Å². The lowest BCUT2D eigenvalue weighted by Gasteiger charge is -2.09. The Balaban J connectivity index is 2.61. The molecule has 0 saturated heterocycles. The maximum atomic E-state index is 10.3. The number of benzene rings is 1. The normalized spacial score (nSPS) is 13.4. The zero-order valence-corrected chi connectivity index (χ0v) is 8.50. The standard InChI is InChI=1S/C12H12O4/c13-10(11(14)8-12(15)16)7-6-9-4-2-1-3-5-9/h1-5,10-11,13-14H,8H2,(H,15,16)/t10?,11-/m0/s1. The second-order valence-electron chi connectivity index (χ2n) is 3.25. The first-order valence-corrected chi connectivity index (χ1v) is 4.74. The van der Waals surface area contributed by atoms with Crippen molar-refractivity contribution in [1.82, 2.24) is 0 Å². The third-order valence-electron chi connectivity index (χ3n) is 1.89. The van der Waals surface area contributed by atoms with Gasteiger partial charge in [0.15, 0.2) is 0 Å². The number of carbonyl (C=O) groups is 1. The van der Waals surface area contributed by atoms with Crippen LogP contribution in [0.4, 0.5) is 0 Å². The van der Waals surface area contributed by atoms with E-state index < -0.39 is 24.6 Å². The zero-order valence-electron chi connectivity index (χ0n) is 8.50. The lowest BCUT2D eigenvalue weighted by molar-refractivity contribution is -0.140. The molecule has 1 unspecified atom stereocenters. The molecule has 1 rings (SSSR count). The Morgan fingerprint density at radius 3 is 2.44 bits per heavy atom. The molecule has 3 N–H and O–H groups in total. The van der Waals surface area contributed by atoms with Crippen LogP contribution in [0.15, 0.2) is 30.3 Å². The summed E-state index contributed by atoms with van der Waals surface area (Å²) < 4.78 is 0. The van der Waals surface area contributed by atoms with E-state index in [2.05, 4.69) is 11.8 Å². The average Bonchev–Trinajstić information content (AvgIpc) is 2.26. The molecule has 16 heavy (non-hydrogen) atoms. The number of rotatable bonds is 3. The number of aliphatic hydroxyl groups excluding tert-OH is 2. The fraction of sp³-hybridized carbons (Fsp3) is 0.250. The summed E-state index contributed by atoms with van der Waals surface area (Å²) in [4.78, 5) is 10.3. The van der Waals surface area contributed by atoms with Crippen LogP contribution < -0.4 is 0 Å². The van der Waals surface area contributed by atoms with Gasteiger partial charge in [0.25, 0.3) is 0 Å². The first kappa shape index (κ1) is 12.2. The molecule has 2 atom stereocenters. The number of hydrogen-bond donors (Lipinski definition) is 3. The van der Waals surface area contributed by atoms with E-state index in [0.717, 1.165) is 0 Å². The second-order valence-corrected chi connectivity index (χ2v) is 3.25. The highest BCUT2D eigenvalue weighted by molar-refractivity contribution is 5.67. The van der Waals surface area contributed by atoms with Crippen molar-refractivity contribution in [2.75, 3.05) is 0 Å². The minimum Gasteiger partial charge on any atom is -0.481 e. The molecule has 1 aromatic carbocycles. The molecule has 0 fully saturated rings. The number of aliphatic hydroxyl groups is 2. The van der Waals surface area contributed by atoms with Gasteiger partial charge in [-0.1, -0.05) is 30.0 Å². The smallest absolute Gasteiger partial charge is 0.306 e. The van der Waals surface area contributed by atoms with E-state index >= 15 is 0 Å². The number of carboxylic acid groups (broad SMARTS) is 1. The first-order chi connectivity index (χ1) is 7.59. The summed E-state index contributed by atoms with van der Waals surface area (Å²) in [7, 11) is 0. The van der Waals surface area contributed by atoms with Gasteiger partial charge in [-0.15, -0.1) is 0 Å². The van der Waals surface area contributed by atoms with Crippen molar-refractivity contribution in [2.24, 2.45) is 0 Å². The van der Waals surface area contributed by atoms with E-state index in [9.17, 15) is 15.0 Å². The van der Waals surface area contributed by atoms with Crippen LogP contribution in [0.25, 0.3) is 0 Å². The summed E-state index contributed by atoms with van der Waals surface area (Å²) in [5.74, 6) is 3.87. The van der Waals surface area contributed by atoms with E-state index in [4.69, 9.17) is 5.11 Å². The average molecular weight is 220 g/mol. The fourth-order valence-corrected chi connectivity index (χ4v) is 1.07. The Morgan fingerprint density at radius 1 is 1.25 bits per heavy atom. The molecular weight excluding hydrogens is 208 g/mol. The summed E-state index contributed by atoms with van der Waals surface area (Å²) in [5.41, 5.74) is 0.698. The highest BCUT2D eigenvalue weighted by Crippen LogP contribution is 2.00. The van der Waals surface area contributed by atoms with Crippen LogP contribution in [0.3, 0.4) is 0 Å². The van der Waals surface area contributed by atoms with Gasteiger partial charge in [0.1, 0.15) is 12.2 Å². The SMILES string of the molecule is O=C(O)C[C@H](O)C(O)C#Cc1ccccc1. The lowest BCUT2D eigenvalue weighted by Crippen LogP contribution is -2.26. The van der Waals surface area contributed by atoms with Gasteiger partial charge in [0, 0.05) is 5.56 Å². The monoisotopic (exact) mass is 220 g/mol. The maximum Gasteiger partial charge on any atom is 0.306 e. The molecule has 0 heterocycles. The molecule has 0 aliphatic rings. The van der Waals surface area contributed by atoms with Crippen molar-refractivity contribution in [2.45, 2.75) is 18.6 Å². The quantitative estimate of drug-likeness (QED) is 0.637. The zero-order chi connectivity index (χ0) is 12.0. The van der Waals surface area contributed by atoms with Gasteiger partial charge in [-0.3, -0.25) is 4.79 Å². The summed E-state index contributed by atoms with van der Waals surface area (Å²) in [6.45, 7) is 0. The molecule has 0 saturated carbocycles. The molecule has 4 nitrogen and oxygen atoms in total. The van der Waals surface area contributed by atoms with Crippen LogP contribution in [0.1, 0.15) is 12.0 Å². The van der Waals surface area contributed by atoms with Gasteiger partial charge >= 0.3 is 5.97 Å². The van der Waals surface area contributed by atoms with Crippen LogP contribution in [-0.2, 0) is 4.79 Å². The van der Waals surface area contributed by atoms with Crippen molar-refractivity contribution in [1.29, 1.82) is 0 Å². The van der Waals surface area contributed by atoms with Crippen LogP contribution in [0.2, 0.25) is 0 Å². The summed E-state index contributed by atoms with van der Waals surface area (Å²) in [6, 6.07) is 8.93. The van der Waals surface area contributed by atoms with E-state index in [1.54, 1.807) is 24.3 Å². The third kappa shape index (κ3) is 4.13. The number of aliphatic carboxylic acids is 1. The highest BCUT2D eigenvalue weighted by atomic mass is 16.4. The minimum absolute atomic E-state index is 0.523. The minimum atomic E-state index is -1.37. The Kier molecular flexibility index (Phi) is 4.52. The molecule has 0 aliphatic heterocycles. The van der Waals surface area contributed by atoms with E-state index in [-0.39, 0.29) is 0 Å². The molecule has 4 heteroatoms. The Morgan fingerprint density at radius 2 is 1.88 bits per heavy atom. The molecule has 0 aromatic heterocycles. The van der Waals surface area contributed by atoms with Gasteiger partial charge in [-0.25, -0.2) is 0 Å². The summed E-state index contributed by atoms with van der Waals surface area (Å²) >= 11 is 0. The van der Waals surface area contributed by atoms with Crippen molar-refractivity contribution in [3.05, 3.63) is 35.9 Å². The first-order valence-electron chi connectivity index (χ1n) is 4.74. The predicted molar refractivity (Wildman–Crippen MR) is 57.6 cm³/mol. The van der Waals surface area contributed by atoms with Crippen molar-refractivity contribution >= 4 is 5.97 Å². The van der Waals surface area contributed by atoms with Gasteiger partial charge in [0.05, 0.1) is 6.42 Å². The van der Waals surface area contributed by atoms with Crippen LogP contribution in [-0.4, -0.2) is 33.5 Å². The van der Waals surface area contributed by atoms with Crippen LogP contribution >= 0.6 is 0 Å². The molecule has 0 radical (unpaired) electrons. The molecule has 0 amide bonds. The van der Waals surface area contributed by atoms with Crippen molar-refractivity contribution in [3.8, 4) is 11.8 Å². The van der Waals surface area contributed by atoms with Crippen LogP contribution in [0, 0.1) is 11.8 Å². The molecule has 84 valence electrons. The van der Waals surface area contributed by atoms with Crippen molar-refractivity contribution < 1.29 is 20.1 Å². The number of hydrogen-bond acceptors (Lipinski definition) is 3. The van der Waals surface area contributed by atoms with E-state index in [0.29, 0.717) is 5.56 Å².